The van der Waals surface area contributed by atoms with E-state index in [1.807, 2.05) is 22.6 Å². The smallest absolute Gasteiger partial charge is 0.492 e. The van der Waals surface area contributed by atoms with E-state index in [-0.39, 0.29) is 5.75 Å². The highest BCUT2D eigenvalue weighted by atomic mass is 127. The molecule has 1 aromatic rings. The standard InChI is InChI=1S/C8H7F3INO2/c1-4-6(12)7(14-2)5(3-13-4)15-8(9,10)11/h3H,1-2H3. The lowest BCUT2D eigenvalue weighted by molar-refractivity contribution is -0.275. The molecule has 0 atom stereocenters. The molecule has 0 radical (unpaired) electrons. The zero-order chi connectivity index (χ0) is 11.6. The zero-order valence-electron chi connectivity index (χ0n) is 7.85. The Morgan fingerprint density at radius 1 is 1.40 bits per heavy atom. The molecular formula is C8H7F3INO2. The Labute approximate surface area is 97.7 Å². The first-order chi connectivity index (χ1) is 6.85. The maximum Gasteiger partial charge on any atom is 0.573 e. The summed E-state index contributed by atoms with van der Waals surface area (Å²) in [6.45, 7) is 1.67. The Bertz CT molecular complexity index is 368. The van der Waals surface area contributed by atoms with E-state index in [0.717, 1.165) is 6.20 Å². The number of rotatable bonds is 2. The van der Waals surface area contributed by atoms with Crippen molar-refractivity contribution in [2.45, 2.75) is 13.3 Å². The number of hydrogen-bond acceptors (Lipinski definition) is 3. The Hall–Kier alpha value is -0.730. The molecule has 0 unspecified atom stereocenters. The van der Waals surface area contributed by atoms with Crippen molar-refractivity contribution in [2.75, 3.05) is 7.11 Å². The molecule has 0 saturated heterocycles. The largest absolute Gasteiger partial charge is 0.573 e. The first-order valence-electron chi connectivity index (χ1n) is 3.80. The molecule has 0 aliphatic heterocycles. The normalized spacial score (nSPS) is 11.3. The second-order valence-corrected chi connectivity index (χ2v) is 3.68. The van der Waals surface area contributed by atoms with Crippen LogP contribution < -0.4 is 9.47 Å². The van der Waals surface area contributed by atoms with E-state index in [9.17, 15) is 13.2 Å². The van der Waals surface area contributed by atoms with Gasteiger partial charge in [0.25, 0.3) is 0 Å². The van der Waals surface area contributed by atoms with Gasteiger partial charge in [-0.05, 0) is 29.5 Å². The molecule has 84 valence electrons. The van der Waals surface area contributed by atoms with Gasteiger partial charge in [-0.2, -0.15) is 0 Å². The van der Waals surface area contributed by atoms with Gasteiger partial charge < -0.3 is 9.47 Å². The van der Waals surface area contributed by atoms with Crippen molar-refractivity contribution in [1.29, 1.82) is 0 Å². The fraction of sp³-hybridized carbons (Fsp3) is 0.375. The molecule has 15 heavy (non-hydrogen) atoms. The van der Waals surface area contributed by atoms with Gasteiger partial charge in [-0.3, -0.25) is 4.98 Å². The van der Waals surface area contributed by atoms with Crippen LogP contribution in [0.1, 0.15) is 5.69 Å². The summed E-state index contributed by atoms with van der Waals surface area (Å²) in [5, 5.41) is 0. The molecule has 0 fully saturated rings. The Morgan fingerprint density at radius 2 is 2.00 bits per heavy atom. The number of halogens is 4. The van der Waals surface area contributed by atoms with Gasteiger partial charge in [0.2, 0.25) is 0 Å². The molecule has 1 heterocycles. The van der Waals surface area contributed by atoms with Gasteiger partial charge in [0.05, 0.1) is 22.6 Å². The quantitative estimate of drug-likeness (QED) is 0.780. The molecule has 0 aliphatic rings. The minimum Gasteiger partial charge on any atom is -0.492 e. The summed E-state index contributed by atoms with van der Waals surface area (Å²) in [5.74, 6) is -0.388. The number of alkyl halides is 3. The van der Waals surface area contributed by atoms with Crippen LogP contribution in [0.5, 0.6) is 11.5 Å². The van der Waals surface area contributed by atoms with Crippen LogP contribution in [0.2, 0.25) is 0 Å². The van der Waals surface area contributed by atoms with Crippen LogP contribution in [-0.4, -0.2) is 18.5 Å². The summed E-state index contributed by atoms with van der Waals surface area (Å²) in [4.78, 5) is 3.76. The second-order valence-electron chi connectivity index (χ2n) is 2.60. The molecule has 7 heteroatoms. The van der Waals surface area contributed by atoms with Crippen LogP contribution in [0.4, 0.5) is 13.2 Å². The number of aromatic nitrogens is 1. The first kappa shape index (κ1) is 12.3. The van der Waals surface area contributed by atoms with Crippen LogP contribution in [-0.2, 0) is 0 Å². The van der Waals surface area contributed by atoms with E-state index in [4.69, 9.17) is 4.74 Å². The van der Waals surface area contributed by atoms with Gasteiger partial charge in [0, 0.05) is 0 Å². The van der Waals surface area contributed by atoms with Crippen LogP contribution >= 0.6 is 22.6 Å². The number of aryl methyl sites for hydroxylation is 1. The van der Waals surface area contributed by atoms with Crippen molar-refractivity contribution in [1.82, 2.24) is 4.98 Å². The van der Waals surface area contributed by atoms with Crippen molar-refractivity contribution >= 4 is 22.6 Å². The number of pyridine rings is 1. The van der Waals surface area contributed by atoms with E-state index in [0.29, 0.717) is 9.26 Å². The third-order valence-corrected chi connectivity index (χ3v) is 2.82. The topological polar surface area (TPSA) is 31.4 Å². The van der Waals surface area contributed by atoms with Crippen molar-refractivity contribution in [3.8, 4) is 11.5 Å². The lowest BCUT2D eigenvalue weighted by Gasteiger charge is -2.13. The minimum absolute atomic E-state index is 0.0421. The number of hydrogen-bond donors (Lipinski definition) is 0. The molecule has 0 aromatic carbocycles. The van der Waals surface area contributed by atoms with Crippen molar-refractivity contribution < 1.29 is 22.6 Å². The van der Waals surface area contributed by atoms with Crippen molar-refractivity contribution in [3.63, 3.8) is 0 Å². The highest BCUT2D eigenvalue weighted by molar-refractivity contribution is 14.1. The molecule has 0 N–H and O–H groups in total. The minimum atomic E-state index is -4.74. The SMILES string of the molecule is COc1c(OC(F)(F)F)cnc(C)c1I. The van der Waals surface area contributed by atoms with Gasteiger partial charge in [-0.25, -0.2) is 0 Å². The second kappa shape index (κ2) is 4.42. The maximum absolute atomic E-state index is 12.0. The van der Waals surface area contributed by atoms with Crippen LogP contribution in [0.3, 0.4) is 0 Å². The number of nitrogens with zero attached hydrogens (tertiary/aromatic N) is 1. The molecule has 3 nitrogen and oxygen atoms in total. The maximum atomic E-state index is 12.0. The molecule has 0 bridgehead atoms. The third kappa shape index (κ3) is 3.11. The van der Waals surface area contributed by atoms with Gasteiger partial charge >= 0.3 is 6.36 Å². The van der Waals surface area contributed by atoms with Gasteiger partial charge in [0.15, 0.2) is 11.5 Å². The van der Waals surface area contributed by atoms with E-state index in [2.05, 4.69) is 9.72 Å². The molecule has 0 spiro atoms. The predicted molar refractivity (Wildman–Crippen MR) is 54.9 cm³/mol. The Balaban J connectivity index is 3.14. The molecule has 0 aliphatic carbocycles. The summed E-state index contributed by atoms with van der Waals surface area (Å²) in [6, 6.07) is 0. The monoisotopic (exact) mass is 333 g/mol. The average molecular weight is 333 g/mol. The number of ether oxygens (including phenoxy) is 2. The summed E-state index contributed by atoms with van der Waals surface area (Å²) in [7, 11) is 1.28. The fourth-order valence-electron chi connectivity index (χ4n) is 0.931. The van der Waals surface area contributed by atoms with Crippen molar-refractivity contribution in [3.05, 3.63) is 15.5 Å². The summed E-state index contributed by atoms with van der Waals surface area (Å²) < 4.78 is 45.0. The molecular weight excluding hydrogens is 326 g/mol. The molecule has 1 aromatic heterocycles. The van der Waals surface area contributed by atoms with Crippen LogP contribution in [0.25, 0.3) is 0 Å². The van der Waals surface area contributed by atoms with E-state index >= 15 is 0 Å². The number of methoxy groups -OCH3 is 1. The lowest BCUT2D eigenvalue weighted by Crippen LogP contribution is -2.18. The van der Waals surface area contributed by atoms with Gasteiger partial charge in [-0.15, -0.1) is 13.2 Å². The highest BCUT2D eigenvalue weighted by Crippen LogP contribution is 2.35. The third-order valence-electron chi connectivity index (χ3n) is 1.55. The molecule has 0 saturated carbocycles. The molecule has 0 amide bonds. The Morgan fingerprint density at radius 3 is 2.47 bits per heavy atom. The van der Waals surface area contributed by atoms with E-state index < -0.39 is 12.1 Å². The summed E-state index contributed by atoms with van der Waals surface area (Å²) in [5.41, 5.74) is 0.585. The first-order valence-corrected chi connectivity index (χ1v) is 4.88. The molecule has 1 rings (SSSR count). The fourth-order valence-corrected chi connectivity index (χ4v) is 1.56. The average Bonchev–Trinajstić information content (AvgIpc) is 2.10. The summed E-state index contributed by atoms with van der Waals surface area (Å²) in [6.07, 6.45) is -3.75. The van der Waals surface area contributed by atoms with Gasteiger partial charge in [0.1, 0.15) is 0 Å². The zero-order valence-corrected chi connectivity index (χ0v) is 10.0. The Kier molecular flexibility index (Phi) is 3.63. The van der Waals surface area contributed by atoms with Crippen LogP contribution in [0.15, 0.2) is 6.20 Å². The van der Waals surface area contributed by atoms with Crippen molar-refractivity contribution in [2.24, 2.45) is 0 Å². The van der Waals surface area contributed by atoms with Crippen LogP contribution in [0, 0.1) is 10.5 Å². The van der Waals surface area contributed by atoms with E-state index in [1.165, 1.54) is 7.11 Å². The highest BCUT2D eigenvalue weighted by Gasteiger charge is 2.33. The predicted octanol–water partition coefficient (Wildman–Crippen LogP) is 2.90. The lowest BCUT2D eigenvalue weighted by atomic mass is 10.3. The van der Waals surface area contributed by atoms with E-state index in [1.54, 1.807) is 6.92 Å². The summed E-state index contributed by atoms with van der Waals surface area (Å²) >= 11 is 1.85. The van der Waals surface area contributed by atoms with Gasteiger partial charge in [-0.1, -0.05) is 0 Å².